The predicted molar refractivity (Wildman–Crippen MR) is 104 cm³/mol. The Bertz CT molecular complexity index is 1070. The normalized spacial score (nSPS) is 13.5. The molecule has 3 aromatic rings. The quantitative estimate of drug-likeness (QED) is 0.685. The predicted octanol–water partition coefficient (Wildman–Crippen LogP) is 2.38. The highest BCUT2D eigenvalue weighted by Gasteiger charge is 2.25. The minimum atomic E-state index is -0.252. The second-order valence-electron chi connectivity index (χ2n) is 6.47. The average molecular weight is 382 g/mol. The number of carbonyl (C=O) groups is 2. The SMILES string of the molecule is O=C(CCn1cnc2ccccc2c1=O)Nc1sccc1C(=O)NC1CC1. The van der Waals surface area contributed by atoms with Crippen LogP contribution in [0.2, 0.25) is 0 Å². The summed E-state index contributed by atoms with van der Waals surface area (Å²) in [6.07, 6.45) is 3.58. The lowest BCUT2D eigenvalue weighted by Crippen LogP contribution is -2.26. The van der Waals surface area contributed by atoms with Gasteiger partial charge in [0.05, 0.1) is 22.8 Å². The first kappa shape index (κ1) is 17.4. The lowest BCUT2D eigenvalue weighted by Gasteiger charge is -2.08. The molecule has 0 unspecified atom stereocenters. The van der Waals surface area contributed by atoms with Crippen LogP contribution in [0.3, 0.4) is 0 Å². The van der Waals surface area contributed by atoms with E-state index in [4.69, 9.17) is 0 Å². The topological polar surface area (TPSA) is 93.1 Å². The molecule has 2 heterocycles. The molecule has 8 heteroatoms. The maximum absolute atomic E-state index is 12.5. The molecule has 1 aromatic carbocycles. The minimum Gasteiger partial charge on any atom is -0.349 e. The first-order valence-electron chi connectivity index (χ1n) is 8.74. The third-order valence-corrected chi connectivity index (χ3v) is 5.22. The zero-order chi connectivity index (χ0) is 18.8. The number of aromatic nitrogens is 2. The molecule has 2 N–H and O–H groups in total. The van der Waals surface area contributed by atoms with Crippen LogP contribution in [0.25, 0.3) is 10.9 Å². The van der Waals surface area contributed by atoms with Gasteiger partial charge in [-0.3, -0.25) is 19.0 Å². The van der Waals surface area contributed by atoms with Crippen LogP contribution in [0.5, 0.6) is 0 Å². The molecule has 0 saturated heterocycles. The smallest absolute Gasteiger partial charge is 0.261 e. The van der Waals surface area contributed by atoms with E-state index >= 15 is 0 Å². The number of anilines is 1. The lowest BCUT2D eigenvalue weighted by atomic mass is 10.2. The van der Waals surface area contributed by atoms with Crippen molar-refractivity contribution >= 4 is 39.1 Å². The second kappa shape index (κ2) is 7.32. The number of hydrogen-bond donors (Lipinski definition) is 2. The Morgan fingerprint density at radius 2 is 2.04 bits per heavy atom. The molecule has 4 rings (SSSR count). The molecule has 0 spiro atoms. The van der Waals surface area contributed by atoms with Crippen molar-refractivity contribution in [2.75, 3.05) is 5.32 Å². The molecule has 1 saturated carbocycles. The van der Waals surface area contributed by atoms with Gasteiger partial charge in [0, 0.05) is 19.0 Å². The molecule has 138 valence electrons. The molecule has 2 amide bonds. The van der Waals surface area contributed by atoms with E-state index in [1.54, 1.807) is 29.6 Å². The van der Waals surface area contributed by atoms with Gasteiger partial charge in [-0.25, -0.2) is 4.98 Å². The molecule has 27 heavy (non-hydrogen) atoms. The summed E-state index contributed by atoms with van der Waals surface area (Å²) in [5, 5.41) is 8.52. The summed E-state index contributed by atoms with van der Waals surface area (Å²) >= 11 is 1.31. The Morgan fingerprint density at radius 1 is 1.22 bits per heavy atom. The number of thiophene rings is 1. The molecule has 1 fully saturated rings. The van der Waals surface area contributed by atoms with Crippen LogP contribution < -0.4 is 16.2 Å². The van der Waals surface area contributed by atoms with Crippen molar-refractivity contribution in [2.24, 2.45) is 0 Å². The Balaban J connectivity index is 1.41. The van der Waals surface area contributed by atoms with Crippen molar-refractivity contribution < 1.29 is 9.59 Å². The molecule has 0 bridgehead atoms. The highest BCUT2D eigenvalue weighted by atomic mass is 32.1. The van der Waals surface area contributed by atoms with E-state index in [0.29, 0.717) is 21.5 Å². The number of hydrogen-bond acceptors (Lipinski definition) is 5. The molecule has 2 aromatic heterocycles. The molecular formula is C19H18N4O3S. The zero-order valence-corrected chi connectivity index (χ0v) is 15.3. The van der Waals surface area contributed by atoms with Crippen LogP contribution in [-0.4, -0.2) is 27.4 Å². The fraction of sp³-hybridized carbons (Fsp3) is 0.263. The molecule has 0 aliphatic heterocycles. The summed E-state index contributed by atoms with van der Waals surface area (Å²) in [6, 6.07) is 9.07. The summed E-state index contributed by atoms with van der Waals surface area (Å²) in [4.78, 5) is 41.2. The summed E-state index contributed by atoms with van der Waals surface area (Å²) in [7, 11) is 0. The second-order valence-corrected chi connectivity index (χ2v) is 7.39. The summed E-state index contributed by atoms with van der Waals surface area (Å²) < 4.78 is 1.43. The third kappa shape index (κ3) is 3.90. The Hall–Kier alpha value is -3.00. The van der Waals surface area contributed by atoms with Crippen molar-refractivity contribution in [3.8, 4) is 0 Å². The number of nitrogens with one attached hydrogen (secondary N) is 2. The maximum atomic E-state index is 12.5. The number of aryl methyl sites for hydroxylation is 1. The first-order valence-corrected chi connectivity index (χ1v) is 9.62. The van der Waals surface area contributed by atoms with Crippen molar-refractivity contribution in [2.45, 2.75) is 31.8 Å². The zero-order valence-electron chi connectivity index (χ0n) is 14.5. The molecule has 0 atom stereocenters. The van der Waals surface area contributed by atoms with Gasteiger partial charge in [0.2, 0.25) is 5.91 Å². The summed E-state index contributed by atoms with van der Waals surface area (Å²) in [6.45, 7) is 0.220. The van der Waals surface area contributed by atoms with Crippen molar-refractivity contribution in [3.05, 3.63) is 58.0 Å². The maximum Gasteiger partial charge on any atom is 0.261 e. The van der Waals surface area contributed by atoms with Crippen molar-refractivity contribution in [1.82, 2.24) is 14.9 Å². The van der Waals surface area contributed by atoms with Gasteiger partial charge in [-0.2, -0.15) is 0 Å². The largest absolute Gasteiger partial charge is 0.349 e. The van der Waals surface area contributed by atoms with E-state index in [1.807, 2.05) is 6.07 Å². The highest BCUT2D eigenvalue weighted by Crippen LogP contribution is 2.25. The number of carbonyl (C=O) groups excluding carboxylic acids is 2. The number of para-hydroxylation sites is 1. The van der Waals surface area contributed by atoms with E-state index in [9.17, 15) is 14.4 Å². The van der Waals surface area contributed by atoms with Crippen LogP contribution in [0, 0.1) is 0 Å². The molecule has 1 aliphatic rings. The van der Waals surface area contributed by atoms with Gasteiger partial charge in [-0.05, 0) is 36.4 Å². The van der Waals surface area contributed by atoms with Crippen LogP contribution >= 0.6 is 11.3 Å². The molecule has 1 aliphatic carbocycles. The van der Waals surface area contributed by atoms with E-state index in [0.717, 1.165) is 12.8 Å². The van der Waals surface area contributed by atoms with Crippen molar-refractivity contribution in [3.63, 3.8) is 0 Å². The first-order chi connectivity index (χ1) is 13.1. The van der Waals surface area contributed by atoms with Crippen LogP contribution in [0.4, 0.5) is 5.00 Å². The fourth-order valence-corrected chi connectivity index (χ4v) is 3.55. The van der Waals surface area contributed by atoms with Gasteiger partial charge >= 0.3 is 0 Å². The van der Waals surface area contributed by atoms with Crippen LogP contribution in [0.1, 0.15) is 29.6 Å². The van der Waals surface area contributed by atoms with E-state index in [-0.39, 0.29) is 36.4 Å². The summed E-state index contributed by atoms with van der Waals surface area (Å²) in [5.74, 6) is -0.415. The van der Waals surface area contributed by atoms with Gasteiger partial charge in [0.15, 0.2) is 0 Å². The van der Waals surface area contributed by atoms with Crippen LogP contribution in [0.15, 0.2) is 46.8 Å². The van der Waals surface area contributed by atoms with E-state index < -0.39 is 0 Å². The fourth-order valence-electron chi connectivity index (χ4n) is 2.75. The average Bonchev–Trinajstić information content (AvgIpc) is 3.36. The standard InChI is InChI=1S/C19H18N4O3S/c24-16(22-18-14(8-10-27-18)17(25)21-12-5-6-12)7-9-23-11-20-15-4-2-1-3-13(15)19(23)26/h1-4,8,10-12H,5-7,9H2,(H,21,25)(H,22,24). The molecule has 0 radical (unpaired) electrons. The number of amides is 2. The van der Waals surface area contributed by atoms with E-state index in [1.165, 1.54) is 22.2 Å². The van der Waals surface area contributed by atoms with Crippen LogP contribution in [-0.2, 0) is 11.3 Å². The number of nitrogens with zero attached hydrogens (tertiary/aromatic N) is 2. The van der Waals surface area contributed by atoms with Gasteiger partial charge in [-0.15, -0.1) is 11.3 Å². The Kier molecular flexibility index (Phi) is 4.72. The van der Waals surface area contributed by atoms with Gasteiger partial charge in [0.1, 0.15) is 5.00 Å². The number of fused-ring (bicyclic) bond motifs is 1. The monoisotopic (exact) mass is 382 g/mol. The van der Waals surface area contributed by atoms with Gasteiger partial charge in [0.25, 0.3) is 11.5 Å². The minimum absolute atomic E-state index is 0.113. The Labute approximate surface area is 159 Å². The highest BCUT2D eigenvalue weighted by molar-refractivity contribution is 7.14. The summed E-state index contributed by atoms with van der Waals surface area (Å²) in [5.41, 5.74) is 0.937. The number of rotatable bonds is 6. The lowest BCUT2D eigenvalue weighted by molar-refractivity contribution is -0.116. The van der Waals surface area contributed by atoms with Gasteiger partial charge < -0.3 is 10.6 Å². The van der Waals surface area contributed by atoms with Crippen molar-refractivity contribution in [1.29, 1.82) is 0 Å². The molecular weight excluding hydrogens is 364 g/mol. The number of benzene rings is 1. The van der Waals surface area contributed by atoms with E-state index in [2.05, 4.69) is 15.6 Å². The van der Waals surface area contributed by atoms with Gasteiger partial charge in [-0.1, -0.05) is 12.1 Å². The third-order valence-electron chi connectivity index (χ3n) is 4.39. The molecule has 7 nitrogen and oxygen atoms in total. The Morgan fingerprint density at radius 3 is 2.85 bits per heavy atom.